The summed E-state index contributed by atoms with van der Waals surface area (Å²) < 4.78 is 5.52. The van der Waals surface area contributed by atoms with Crippen LogP contribution in [-0.4, -0.2) is 18.4 Å². The predicted molar refractivity (Wildman–Crippen MR) is 43.9 cm³/mol. The minimum atomic E-state index is 0.505. The zero-order valence-corrected chi connectivity index (χ0v) is 7.46. The second-order valence-electron chi connectivity index (χ2n) is 1.88. The first-order valence-corrected chi connectivity index (χ1v) is 3.72. The number of hydrogen-bond donors (Lipinski definition) is 0. The fourth-order valence-corrected chi connectivity index (χ4v) is 1.03. The molecule has 4 heteroatoms. The van der Waals surface area contributed by atoms with E-state index in [1.54, 1.807) is 6.07 Å². The molecule has 1 aromatic rings. The minimum Gasteiger partial charge on any atom is -0.494 e. The highest BCUT2D eigenvalue weighted by Gasteiger charge is 2.00. The van der Waals surface area contributed by atoms with E-state index in [-0.39, 0.29) is 0 Å². The molecular formula is C7H6BrNO2. The molecule has 0 bridgehead atoms. The van der Waals surface area contributed by atoms with Crippen LogP contribution in [-0.2, 0) is 0 Å². The molecular weight excluding hydrogens is 210 g/mol. The summed E-state index contributed by atoms with van der Waals surface area (Å²) in [6.45, 7) is 0. The number of aldehydes is 1. The normalized spacial score (nSPS) is 9.27. The van der Waals surface area contributed by atoms with Crippen molar-refractivity contribution in [2.75, 3.05) is 7.11 Å². The van der Waals surface area contributed by atoms with E-state index in [1.807, 2.05) is 0 Å². The Morgan fingerprint density at radius 2 is 2.45 bits per heavy atom. The summed E-state index contributed by atoms with van der Waals surface area (Å²) in [5, 5.41) is 0. The number of pyridine rings is 1. The van der Waals surface area contributed by atoms with Crippen LogP contribution in [0.4, 0.5) is 0 Å². The van der Waals surface area contributed by atoms with Crippen LogP contribution in [0, 0.1) is 0 Å². The van der Waals surface area contributed by atoms with Gasteiger partial charge in [-0.05, 0) is 22.0 Å². The fraction of sp³-hybridized carbons (Fsp3) is 0.143. The third-order valence-corrected chi connectivity index (χ3v) is 1.78. The quantitative estimate of drug-likeness (QED) is 0.557. The van der Waals surface area contributed by atoms with Gasteiger partial charge in [-0.1, -0.05) is 0 Å². The van der Waals surface area contributed by atoms with Crippen LogP contribution in [0.5, 0.6) is 5.75 Å². The molecule has 0 aliphatic heterocycles. The number of methoxy groups -OCH3 is 1. The van der Waals surface area contributed by atoms with Crippen molar-refractivity contribution in [3.63, 3.8) is 0 Å². The maximum Gasteiger partial charge on any atom is 0.152 e. The van der Waals surface area contributed by atoms with E-state index in [4.69, 9.17) is 4.74 Å². The molecule has 0 aliphatic carbocycles. The lowest BCUT2D eigenvalue weighted by Gasteiger charge is -2.00. The fourth-order valence-electron chi connectivity index (χ4n) is 0.651. The zero-order chi connectivity index (χ0) is 8.27. The number of rotatable bonds is 2. The first kappa shape index (κ1) is 8.20. The van der Waals surface area contributed by atoms with Crippen LogP contribution < -0.4 is 4.74 Å². The Bertz CT molecular complexity index is 275. The lowest BCUT2D eigenvalue weighted by Crippen LogP contribution is -1.89. The van der Waals surface area contributed by atoms with Gasteiger partial charge in [0.15, 0.2) is 12.0 Å². The number of carbonyl (C=O) groups is 1. The van der Waals surface area contributed by atoms with Gasteiger partial charge in [-0.25, -0.2) is 4.98 Å². The minimum absolute atomic E-state index is 0.505. The van der Waals surface area contributed by atoms with Gasteiger partial charge in [-0.3, -0.25) is 4.79 Å². The predicted octanol–water partition coefficient (Wildman–Crippen LogP) is 1.67. The van der Waals surface area contributed by atoms with Gasteiger partial charge in [0.1, 0.15) is 4.60 Å². The largest absolute Gasteiger partial charge is 0.494 e. The average molecular weight is 216 g/mol. The molecule has 0 aliphatic rings. The summed E-state index contributed by atoms with van der Waals surface area (Å²) in [7, 11) is 1.52. The van der Waals surface area contributed by atoms with Crippen molar-refractivity contribution in [3.05, 3.63) is 22.4 Å². The SMILES string of the molecule is COc1cc(C=O)cnc1Br. The Kier molecular flexibility index (Phi) is 2.59. The second-order valence-corrected chi connectivity index (χ2v) is 2.63. The van der Waals surface area contributed by atoms with Gasteiger partial charge in [0.05, 0.1) is 7.11 Å². The van der Waals surface area contributed by atoms with Crippen LogP contribution in [0.3, 0.4) is 0 Å². The van der Waals surface area contributed by atoms with Gasteiger partial charge in [0, 0.05) is 11.8 Å². The van der Waals surface area contributed by atoms with Crippen molar-refractivity contribution < 1.29 is 9.53 Å². The highest BCUT2D eigenvalue weighted by Crippen LogP contribution is 2.21. The zero-order valence-electron chi connectivity index (χ0n) is 5.87. The molecule has 0 unspecified atom stereocenters. The van der Waals surface area contributed by atoms with Gasteiger partial charge in [-0.15, -0.1) is 0 Å². The summed E-state index contributed by atoms with van der Waals surface area (Å²) in [4.78, 5) is 14.2. The number of nitrogens with zero attached hydrogens (tertiary/aromatic N) is 1. The average Bonchev–Trinajstić information content (AvgIpc) is 2.05. The van der Waals surface area contributed by atoms with E-state index in [0.29, 0.717) is 15.9 Å². The monoisotopic (exact) mass is 215 g/mol. The molecule has 0 saturated heterocycles. The standard InChI is InChI=1S/C7H6BrNO2/c1-11-6-2-5(4-10)3-9-7(6)8/h2-4H,1H3. The molecule has 0 radical (unpaired) electrons. The first-order valence-electron chi connectivity index (χ1n) is 2.92. The molecule has 1 heterocycles. The number of ether oxygens (including phenoxy) is 1. The summed E-state index contributed by atoms with van der Waals surface area (Å²) in [6, 6.07) is 1.62. The van der Waals surface area contributed by atoms with E-state index >= 15 is 0 Å². The molecule has 0 spiro atoms. The Balaban J connectivity index is 3.12. The molecule has 0 saturated carbocycles. The molecule has 0 N–H and O–H groups in total. The molecule has 3 nitrogen and oxygen atoms in total. The maximum absolute atomic E-state index is 10.3. The molecule has 1 rings (SSSR count). The van der Waals surface area contributed by atoms with Gasteiger partial charge in [-0.2, -0.15) is 0 Å². The van der Waals surface area contributed by atoms with E-state index in [2.05, 4.69) is 20.9 Å². The van der Waals surface area contributed by atoms with Crippen LogP contribution in [0.2, 0.25) is 0 Å². The van der Waals surface area contributed by atoms with Crippen LogP contribution >= 0.6 is 15.9 Å². The van der Waals surface area contributed by atoms with Crippen LogP contribution in [0.1, 0.15) is 10.4 Å². The third kappa shape index (κ3) is 1.77. The molecule has 0 amide bonds. The highest BCUT2D eigenvalue weighted by atomic mass is 79.9. The topological polar surface area (TPSA) is 39.2 Å². The highest BCUT2D eigenvalue weighted by molar-refractivity contribution is 9.10. The van der Waals surface area contributed by atoms with E-state index in [1.165, 1.54) is 13.3 Å². The molecule has 0 aromatic carbocycles. The van der Waals surface area contributed by atoms with Gasteiger partial charge >= 0.3 is 0 Å². The Labute approximate surface area is 72.5 Å². The number of hydrogen-bond acceptors (Lipinski definition) is 3. The van der Waals surface area contributed by atoms with E-state index < -0.39 is 0 Å². The number of carbonyl (C=O) groups excluding carboxylic acids is 1. The molecule has 1 aromatic heterocycles. The molecule has 11 heavy (non-hydrogen) atoms. The maximum atomic E-state index is 10.3. The lowest BCUT2D eigenvalue weighted by molar-refractivity contribution is 0.112. The lowest BCUT2D eigenvalue weighted by atomic mass is 10.3. The van der Waals surface area contributed by atoms with Crippen molar-refractivity contribution in [2.24, 2.45) is 0 Å². The van der Waals surface area contributed by atoms with Gasteiger partial charge in [0.25, 0.3) is 0 Å². The van der Waals surface area contributed by atoms with Crippen LogP contribution in [0.15, 0.2) is 16.9 Å². The second kappa shape index (κ2) is 3.48. The van der Waals surface area contributed by atoms with Crippen molar-refractivity contribution in [1.29, 1.82) is 0 Å². The Morgan fingerprint density at radius 3 is 3.00 bits per heavy atom. The summed E-state index contributed by atoms with van der Waals surface area (Å²) in [6.07, 6.45) is 2.20. The van der Waals surface area contributed by atoms with Crippen molar-refractivity contribution in [3.8, 4) is 5.75 Å². The van der Waals surface area contributed by atoms with Gasteiger partial charge < -0.3 is 4.74 Å². The smallest absolute Gasteiger partial charge is 0.152 e. The summed E-state index contributed by atoms with van der Waals surface area (Å²) in [5.41, 5.74) is 0.505. The molecule has 0 fully saturated rings. The molecule has 58 valence electrons. The third-order valence-electron chi connectivity index (χ3n) is 1.18. The Morgan fingerprint density at radius 1 is 1.73 bits per heavy atom. The first-order chi connectivity index (χ1) is 5.27. The summed E-state index contributed by atoms with van der Waals surface area (Å²) >= 11 is 3.17. The van der Waals surface area contributed by atoms with Gasteiger partial charge in [0.2, 0.25) is 0 Å². The molecule has 0 atom stereocenters. The van der Waals surface area contributed by atoms with Crippen molar-refractivity contribution >= 4 is 22.2 Å². The van der Waals surface area contributed by atoms with Crippen molar-refractivity contribution in [1.82, 2.24) is 4.98 Å². The summed E-state index contributed by atoms with van der Waals surface area (Å²) in [5.74, 6) is 0.564. The van der Waals surface area contributed by atoms with E-state index in [9.17, 15) is 4.79 Å². The number of aromatic nitrogens is 1. The van der Waals surface area contributed by atoms with E-state index in [0.717, 1.165) is 6.29 Å². The van der Waals surface area contributed by atoms with Crippen molar-refractivity contribution in [2.45, 2.75) is 0 Å². The Hall–Kier alpha value is -0.900. The van der Waals surface area contributed by atoms with Crippen LogP contribution in [0.25, 0.3) is 0 Å². The number of halogens is 1.